The van der Waals surface area contributed by atoms with Crippen molar-refractivity contribution in [1.29, 1.82) is 0 Å². The van der Waals surface area contributed by atoms with Crippen molar-refractivity contribution in [3.05, 3.63) is 77.2 Å². The van der Waals surface area contributed by atoms with Crippen LogP contribution in [0.1, 0.15) is 16.9 Å². The van der Waals surface area contributed by atoms with Crippen LogP contribution < -0.4 is 5.32 Å². The number of thiophene rings is 1. The molecule has 3 nitrogen and oxygen atoms in total. The molecule has 122 valence electrons. The summed E-state index contributed by atoms with van der Waals surface area (Å²) in [5, 5.41) is 4.03. The summed E-state index contributed by atoms with van der Waals surface area (Å²) < 4.78 is 6.45. The molecule has 0 saturated heterocycles. The van der Waals surface area contributed by atoms with Crippen molar-refractivity contribution in [2.75, 3.05) is 6.54 Å². The first-order valence-electron chi connectivity index (χ1n) is 7.91. The van der Waals surface area contributed by atoms with E-state index in [0.717, 1.165) is 12.0 Å². The molecule has 0 unspecified atom stereocenters. The average molecular weight is 337 g/mol. The number of fused-ring (bicyclic) bond motifs is 1. The third-order valence-corrected chi connectivity index (χ3v) is 4.60. The van der Waals surface area contributed by atoms with Gasteiger partial charge < -0.3 is 10.1 Å². The molecular formula is C20H19NO2S. The minimum absolute atomic E-state index is 0.296. The van der Waals surface area contributed by atoms with Crippen molar-refractivity contribution < 1.29 is 9.53 Å². The van der Waals surface area contributed by atoms with Crippen molar-refractivity contribution in [2.24, 2.45) is 0 Å². The Kier molecular flexibility index (Phi) is 5.64. The predicted molar refractivity (Wildman–Crippen MR) is 100 cm³/mol. The Bertz CT molecular complexity index is 791. The maximum atomic E-state index is 11.6. The molecule has 1 aromatic heterocycles. The van der Waals surface area contributed by atoms with E-state index < -0.39 is 0 Å². The zero-order chi connectivity index (χ0) is 16.6. The van der Waals surface area contributed by atoms with Gasteiger partial charge in [-0.15, -0.1) is 11.3 Å². The van der Waals surface area contributed by atoms with Gasteiger partial charge in [-0.05, 0) is 35.6 Å². The molecule has 1 N–H and O–H groups in total. The van der Waals surface area contributed by atoms with E-state index in [0.29, 0.717) is 13.2 Å². The van der Waals surface area contributed by atoms with Gasteiger partial charge in [-0.2, -0.15) is 0 Å². The molecule has 0 aliphatic heterocycles. The minimum atomic E-state index is -0.380. The van der Waals surface area contributed by atoms with Crippen molar-refractivity contribution >= 4 is 33.6 Å². The lowest BCUT2D eigenvalue weighted by molar-refractivity contribution is 0.140. The highest BCUT2D eigenvalue weighted by Crippen LogP contribution is 2.26. The number of ether oxygens (including phenoxy) is 1. The molecule has 1 heterocycles. The topological polar surface area (TPSA) is 38.3 Å². The molecule has 0 aliphatic rings. The average Bonchev–Trinajstić information content (AvgIpc) is 3.03. The Hall–Kier alpha value is -2.59. The second-order valence-electron chi connectivity index (χ2n) is 5.37. The van der Waals surface area contributed by atoms with E-state index in [-0.39, 0.29) is 6.09 Å². The molecule has 0 aliphatic carbocycles. The van der Waals surface area contributed by atoms with Crippen molar-refractivity contribution in [1.82, 2.24) is 5.32 Å². The van der Waals surface area contributed by atoms with Crippen molar-refractivity contribution in [3.63, 3.8) is 0 Å². The Morgan fingerprint density at radius 1 is 1.08 bits per heavy atom. The summed E-state index contributed by atoms with van der Waals surface area (Å²) >= 11 is 1.77. The number of nitrogens with one attached hydrogen (secondary N) is 1. The molecule has 0 bridgehead atoms. The molecule has 1 amide bonds. The van der Waals surface area contributed by atoms with Crippen LogP contribution in [0.5, 0.6) is 0 Å². The molecule has 24 heavy (non-hydrogen) atoms. The lowest BCUT2D eigenvalue weighted by atomic mass is 10.2. The Balaban J connectivity index is 1.37. The van der Waals surface area contributed by atoms with Gasteiger partial charge in [0.15, 0.2) is 0 Å². The normalized spacial score (nSPS) is 11.0. The van der Waals surface area contributed by atoms with Gasteiger partial charge in [0, 0.05) is 16.1 Å². The molecule has 0 radical (unpaired) electrons. The number of hydrogen-bond donors (Lipinski definition) is 1. The van der Waals surface area contributed by atoms with Crippen molar-refractivity contribution in [2.45, 2.75) is 13.0 Å². The molecule has 4 heteroatoms. The molecule has 2 aromatic carbocycles. The summed E-state index contributed by atoms with van der Waals surface area (Å²) in [4.78, 5) is 12.8. The summed E-state index contributed by atoms with van der Waals surface area (Å²) in [6.45, 7) is 0.860. The van der Waals surface area contributed by atoms with Gasteiger partial charge in [-0.3, -0.25) is 0 Å². The van der Waals surface area contributed by atoms with E-state index in [2.05, 4.69) is 41.7 Å². The zero-order valence-corrected chi connectivity index (χ0v) is 14.1. The maximum Gasteiger partial charge on any atom is 0.407 e. The third kappa shape index (κ3) is 4.70. The fraction of sp³-hybridized carbons (Fsp3) is 0.150. The third-order valence-electron chi connectivity index (χ3n) is 3.52. The first-order chi connectivity index (χ1) is 11.8. The monoisotopic (exact) mass is 337 g/mol. The standard InChI is InChI=1S/C20H19NO2S/c22-20(23-15-16-8-2-1-3-9-16)21-13-7-6-11-18-14-17-10-4-5-12-19(17)24-18/h1-6,8-12,14H,7,13,15H2,(H,21,22). The van der Waals surface area contributed by atoms with E-state index in [4.69, 9.17) is 4.74 Å². The summed E-state index contributed by atoms with van der Waals surface area (Å²) in [6, 6.07) is 20.2. The Morgan fingerprint density at radius 3 is 2.71 bits per heavy atom. The van der Waals surface area contributed by atoms with Crippen molar-refractivity contribution in [3.8, 4) is 0 Å². The van der Waals surface area contributed by atoms with Gasteiger partial charge >= 0.3 is 6.09 Å². The number of alkyl carbamates (subject to hydrolysis) is 1. The number of rotatable bonds is 6. The van der Waals surface area contributed by atoms with Gasteiger partial charge in [-0.25, -0.2) is 4.79 Å². The van der Waals surface area contributed by atoms with E-state index in [1.54, 1.807) is 11.3 Å². The molecule has 0 spiro atoms. The quantitative estimate of drug-likeness (QED) is 0.625. The maximum absolute atomic E-state index is 11.6. The van der Waals surface area contributed by atoms with Gasteiger partial charge in [0.2, 0.25) is 0 Å². The second-order valence-corrected chi connectivity index (χ2v) is 6.48. The predicted octanol–water partition coefficient (Wildman–Crippen LogP) is 5.23. The highest BCUT2D eigenvalue weighted by molar-refractivity contribution is 7.19. The van der Waals surface area contributed by atoms with Crippen LogP contribution in [0.2, 0.25) is 0 Å². The Morgan fingerprint density at radius 2 is 1.88 bits per heavy atom. The second kappa shape index (κ2) is 8.31. The number of benzene rings is 2. The van der Waals surface area contributed by atoms with Gasteiger partial charge in [-0.1, -0.05) is 54.6 Å². The van der Waals surface area contributed by atoms with Crippen LogP contribution in [0.25, 0.3) is 16.2 Å². The molecule has 0 saturated carbocycles. The van der Waals surface area contributed by atoms with E-state index in [1.165, 1.54) is 15.0 Å². The largest absolute Gasteiger partial charge is 0.445 e. The number of amides is 1. The molecule has 3 rings (SSSR count). The van der Waals surface area contributed by atoms with Crippen LogP contribution >= 0.6 is 11.3 Å². The highest BCUT2D eigenvalue weighted by Gasteiger charge is 2.01. The fourth-order valence-corrected chi connectivity index (χ4v) is 3.31. The molecular weight excluding hydrogens is 318 g/mol. The summed E-state index contributed by atoms with van der Waals surface area (Å²) in [6.07, 6.45) is 4.56. The Labute approximate surface area is 145 Å². The zero-order valence-electron chi connectivity index (χ0n) is 13.3. The first-order valence-corrected chi connectivity index (χ1v) is 8.72. The van der Waals surface area contributed by atoms with Crippen LogP contribution in [0.15, 0.2) is 66.7 Å². The number of carbonyl (C=O) groups excluding carboxylic acids is 1. The van der Waals surface area contributed by atoms with Crippen LogP contribution in [-0.2, 0) is 11.3 Å². The van der Waals surface area contributed by atoms with E-state index in [9.17, 15) is 4.79 Å². The lowest BCUT2D eigenvalue weighted by Crippen LogP contribution is -2.24. The van der Waals surface area contributed by atoms with Gasteiger partial charge in [0.1, 0.15) is 6.61 Å². The summed E-state index contributed by atoms with van der Waals surface area (Å²) in [7, 11) is 0. The summed E-state index contributed by atoms with van der Waals surface area (Å²) in [5.74, 6) is 0. The van der Waals surface area contributed by atoms with Crippen LogP contribution in [0, 0.1) is 0 Å². The molecule has 0 fully saturated rings. The molecule has 0 atom stereocenters. The summed E-state index contributed by atoms with van der Waals surface area (Å²) in [5.41, 5.74) is 0.984. The van der Waals surface area contributed by atoms with Crippen LogP contribution in [-0.4, -0.2) is 12.6 Å². The van der Waals surface area contributed by atoms with E-state index >= 15 is 0 Å². The first kappa shape index (κ1) is 16.3. The fourth-order valence-electron chi connectivity index (χ4n) is 2.32. The highest BCUT2D eigenvalue weighted by atomic mass is 32.1. The van der Waals surface area contributed by atoms with Gasteiger partial charge in [0.25, 0.3) is 0 Å². The van der Waals surface area contributed by atoms with E-state index in [1.807, 2.05) is 36.4 Å². The minimum Gasteiger partial charge on any atom is -0.445 e. The van der Waals surface area contributed by atoms with Crippen LogP contribution in [0.4, 0.5) is 4.79 Å². The molecule has 3 aromatic rings. The van der Waals surface area contributed by atoms with Crippen LogP contribution in [0.3, 0.4) is 0 Å². The number of carbonyl (C=O) groups is 1. The number of hydrogen-bond acceptors (Lipinski definition) is 3. The lowest BCUT2D eigenvalue weighted by Gasteiger charge is -2.05. The smallest absolute Gasteiger partial charge is 0.407 e. The SMILES string of the molecule is O=C(NCCC=Cc1cc2ccccc2s1)OCc1ccccc1. The van der Waals surface area contributed by atoms with Gasteiger partial charge in [0.05, 0.1) is 0 Å².